The Hall–Kier alpha value is -1.29. The summed E-state index contributed by atoms with van der Waals surface area (Å²) in [5.41, 5.74) is 0.565. The summed E-state index contributed by atoms with van der Waals surface area (Å²) in [6.45, 7) is 1.73. The number of ether oxygens (including phenoxy) is 1. The second kappa shape index (κ2) is 3.70. The van der Waals surface area contributed by atoms with Crippen molar-refractivity contribution in [3.63, 3.8) is 0 Å². The maximum Gasteiger partial charge on any atom is 0.288 e. The van der Waals surface area contributed by atoms with Crippen molar-refractivity contribution in [1.29, 1.82) is 0 Å². The largest absolute Gasteiger partial charge is 0.490 e. The zero-order chi connectivity index (χ0) is 11.0. The smallest absolute Gasteiger partial charge is 0.288 e. The van der Waals surface area contributed by atoms with Crippen molar-refractivity contribution in [2.75, 3.05) is 0 Å². The molecule has 1 aliphatic rings. The molecule has 0 aromatic heterocycles. The second-order valence-corrected chi connectivity index (χ2v) is 3.97. The molecule has 1 saturated carbocycles. The number of rotatable bonds is 3. The lowest BCUT2D eigenvalue weighted by Crippen LogP contribution is -1.99. The lowest BCUT2D eigenvalue weighted by molar-refractivity contribution is -0.384. The van der Waals surface area contributed by atoms with Crippen LogP contribution in [0.25, 0.3) is 0 Å². The molecule has 5 heteroatoms. The van der Waals surface area contributed by atoms with Gasteiger partial charge in [0.15, 0.2) is 0 Å². The highest BCUT2D eigenvalue weighted by Crippen LogP contribution is 2.36. The highest BCUT2D eigenvalue weighted by atomic mass is 35.5. The van der Waals surface area contributed by atoms with E-state index < -0.39 is 4.92 Å². The predicted molar refractivity (Wildman–Crippen MR) is 56.5 cm³/mol. The van der Waals surface area contributed by atoms with E-state index in [1.165, 1.54) is 6.07 Å². The summed E-state index contributed by atoms with van der Waals surface area (Å²) in [6.07, 6.45) is 2.36. The number of hydrogen-bond acceptors (Lipinski definition) is 3. The van der Waals surface area contributed by atoms with Crippen LogP contribution < -0.4 is 4.74 Å². The third-order valence-electron chi connectivity index (χ3n) is 2.33. The van der Waals surface area contributed by atoms with Gasteiger partial charge in [-0.1, -0.05) is 11.6 Å². The van der Waals surface area contributed by atoms with Gasteiger partial charge in [-0.05, 0) is 25.8 Å². The Morgan fingerprint density at radius 2 is 2.20 bits per heavy atom. The maximum atomic E-state index is 10.6. The molecule has 2 rings (SSSR count). The van der Waals surface area contributed by atoms with Crippen molar-refractivity contribution in [2.45, 2.75) is 25.9 Å². The van der Waals surface area contributed by atoms with E-state index in [0.29, 0.717) is 11.3 Å². The van der Waals surface area contributed by atoms with Crippen LogP contribution in [0.5, 0.6) is 5.75 Å². The summed E-state index contributed by atoms with van der Waals surface area (Å²) >= 11 is 5.88. The van der Waals surface area contributed by atoms with Crippen LogP contribution in [-0.2, 0) is 0 Å². The maximum absolute atomic E-state index is 10.6. The van der Waals surface area contributed by atoms with E-state index in [9.17, 15) is 10.1 Å². The molecule has 0 heterocycles. The molecule has 0 N–H and O–H groups in total. The lowest BCUT2D eigenvalue weighted by Gasteiger charge is -2.08. The zero-order valence-electron chi connectivity index (χ0n) is 8.20. The van der Waals surface area contributed by atoms with Crippen LogP contribution in [0.2, 0.25) is 5.02 Å². The first-order chi connectivity index (χ1) is 7.09. The van der Waals surface area contributed by atoms with E-state index in [0.717, 1.165) is 12.8 Å². The normalized spacial score (nSPS) is 15.1. The van der Waals surface area contributed by atoms with Gasteiger partial charge in [-0.3, -0.25) is 10.1 Å². The lowest BCUT2D eigenvalue weighted by atomic mass is 10.2. The molecule has 0 amide bonds. The Bertz CT molecular complexity index is 415. The number of halogens is 1. The molecular formula is C10H10ClNO3. The summed E-state index contributed by atoms with van der Waals surface area (Å²) in [4.78, 5) is 10.1. The van der Waals surface area contributed by atoms with Crippen molar-refractivity contribution in [1.82, 2.24) is 0 Å². The van der Waals surface area contributed by atoms with Gasteiger partial charge >= 0.3 is 0 Å². The van der Waals surface area contributed by atoms with Crippen molar-refractivity contribution < 1.29 is 9.66 Å². The Kier molecular flexibility index (Phi) is 2.52. The van der Waals surface area contributed by atoms with Crippen LogP contribution in [0.1, 0.15) is 18.4 Å². The predicted octanol–water partition coefficient (Wildman–Crippen LogP) is 3.10. The van der Waals surface area contributed by atoms with E-state index in [4.69, 9.17) is 16.3 Å². The number of nitro groups is 1. The van der Waals surface area contributed by atoms with Gasteiger partial charge in [-0.2, -0.15) is 0 Å². The molecule has 0 atom stereocenters. The molecule has 0 unspecified atom stereocenters. The minimum absolute atomic E-state index is 0.0719. The summed E-state index contributed by atoms with van der Waals surface area (Å²) < 4.78 is 5.56. The number of nitro benzene ring substituents is 1. The molecule has 15 heavy (non-hydrogen) atoms. The molecule has 0 spiro atoms. The molecule has 4 nitrogen and oxygen atoms in total. The quantitative estimate of drug-likeness (QED) is 0.589. The molecule has 1 aliphatic carbocycles. The van der Waals surface area contributed by atoms with E-state index >= 15 is 0 Å². The molecule has 1 aromatic carbocycles. The van der Waals surface area contributed by atoms with Crippen LogP contribution in [0.4, 0.5) is 5.69 Å². The fourth-order valence-corrected chi connectivity index (χ4v) is 1.51. The van der Waals surface area contributed by atoms with Crippen LogP contribution in [-0.4, -0.2) is 11.0 Å². The first-order valence-electron chi connectivity index (χ1n) is 4.69. The van der Waals surface area contributed by atoms with Crippen LogP contribution in [0, 0.1) is 17.0 Å². The summed E-state index contributed by atoms with van der Waals surface area (Å²) in [6, 6.07) is 2.99. The summed E-state index contributed by atoms with van der Waals surface area (Å²) in [7, 11) is 0. The Morgan fingerprint density at radius 1 is 1.53 bits per heavy atom. The van der Waals surface area contributed by atoms with Gasteiger partial charge in [-0.25, -0.2) is 0 Å². The number of nitrogens with zero attached hydrogens (tertiary/aromatic N) is 1. The summed E-state index contributed by atoms with van der Waals surface area (Å²) in [5.74, 6) is 0.646. The first kappa shape index (κ1) is 10.2. The minimum Gasteiger partial charge on any atom is -0.490 e. The molecule has 0 bridgehead atoms. The monoisotopic (exact) mass is 227 g/mol. The van der Waals surface area contributed by atoms with Gasteiger partial charge in [-0.15, -0.1) is 0 Å². The molecule has 80 valence electrons. The third-order valence-corrected chi connectivity index (χ3v) is 2.81. The SMILES string of the molecule is Cc1c(OC2CC2)ccc([N+](=O)[O-])c1Cl. The number of benzene rings is 1. The second-order valence-electron chi connectivity index (χ2n) is 3.60. The molecule has 0 saturated heterocycles. The Morgan fingerprint density at radius 3 is 2.73 bits per heavy atom. The van der Waals surface area contributed by atoms with Gasteiger partial charge in [0.05, 0.1) is 11.0 Å². The minimum atomic E-state index is -0.490. The topological polar surface area (TPSA) is 52.4 Å². The van der Waals surface area contributed by atoms with Gasteiger partial charge in [0, 0.05) is 11.6 Å². The van der Waals surface area contributed by atoms with Crippen molar-refractivity contribution >= 4 is 17.3 Å². The highest BCUT2D eigenvalue weighted by molar-refractivity contribution is 6.33. The van der Waals surface area contributed by atoms with Gasteiger partial charge in [0.2, 0.25) is 0 Å². The van der Waals surface area contributed by atoms with Crippen LogP contribution in [0.15, 0.2) is 12.1 Å². The fraction of sp³-hybridized carbons (Fsp3) is 0.400. The van der Waals surface area contributed by atoms with Gasteiger partial charge in [0.1, 0.15) is 10.8 Å². The first-order valence-corrected chi connectivity index (χ1v) is 5.07. The molecule has 1 fully saturated rings. The average molecular weight is 228 g/mol. The van der Waals surface area contributed by atoms with E-state index in [-0.39, 0.29) is 16.8 Å². The molecule has 0 radical (unpaired) electrons. The van der Waals surface area contributed by atoms with Crippen molar-refractivity contribution in [2.24, 2.45) is 0 Å². The van der Waals surface area contributed by atoms with Gasteiger partial charge < -0.3 is 4.74 Å². The van der Waals surface area contributed by atoms with E-state index in [1.807, 2.05) is 0 Å². The zero-order valence-corrected chi connectivity index (χ0v) is 8.95. The van der Waals surface area contributed by atoms with E-state index in [2.05, 4.69) is 0 Å². The average Bonchev–Trinajstić information content (AvgIpc) is 2.96. The molecular weight excluding hydrogens is 218 g/mol. The van der Waals surface area contributed by atoms with Crippen molar-refractivity contribution in [3.8, 4) is 5.75 Å². The standard InChI is InChI=1S/C10H10ClNO3/c1-6-9(15-7-2-3-7)5-4-8(10(6)11)12(13)14/h4-5,7H,2-3H2,1H3. The Balaban J connectivity index is 2.34. The fourth-order valence-electron chi connectivity index (χ4n) is 1.29. The van der Waals surface area contributed by atoms with Crippen LogP contribution in [0.3, 0.4) is 0 Å². The van der Waals surface area contributed by atoms with E-state index in [1.54, 1.807) is 13.0 Å². The Labute approximate surface area is 92.0 Å². The highest BCUT2D eigenvalue weighted by Gasteiger charge is 2.26. The summed E-state index contributed by atoms with van der Waals surface area (Å²) in [5, 5.41) is 10.8. The van der Waals surface area contributed by atoms with Crippen molar-refractivity contribution in [3.05, 3.63) is 32.8 Å². The molecule has 0 aliphatic heterocycles. The number of hydrogen-bond donors (Lipinski definition) is 0. The third kappa shape index (κ3) is 2.04. The van der Waals surface area contributed by atoms with Crippen LogP contribution >= 0.6 is 11.6 Å². The van der Waals surface area contributed by atoms with Gasteiger partial charge in [0.25, 0.3) is 5.69 Å². The molecule has 1 aromatic rings.